The first-order valence-electron chi connectivity index (χ1n) is 5.75. The van der Waals surface area contributed by atoms with Crippen LogP contribution in [0.1, 0.15) is 16.7 Å². The molecule has 2 aromatic carbocycles. The van der Waals surface area contributed by atoms with Crippen LogP contribution in [0.2, 0.25) is 0 Å². The summed E-state index contributed by atoms with van der Waals surface area (Å²) in [4.78, 5) is 1.32. The average Bonchev–Trinajstić information content (AvgIpc) is 2.39. The van der Waals surface area contributed by atoms with E-state index in [9.17, 15) is 0 Å². The summed E-state index contributed by atoms with van der Waals surface area (Å²) in [5.74, 6) is 1.01. The van der Waals surface area contributed by atoms with E-state index in [2.05, 4.69) is 55.5 Å². The second-order valence-corrected chi connectivity index (χ2v) is 5.17. The first-order valence-corrected chi connectivity index (χ1v) is 6.74. The molecule has 17 heavy (non-hydrogen) atoms. The molecule has 0 saturated carbocycles. The van der Waals surface area contributed by atoms with Crippen molar-refractivity contribution in [1.29, 1.82) is 0 Å². The van der Waals surface area contributed by atoms with E-state index >= 15 is 0 Å². The third kappa shape index (κ3) is 3.62. The smallest absolute Gasteiger partial charge is 0.0231 e. The minimum absolute atomic E-state index is 0.616. The maximum atomic E-state index is 5.57. The Morgan fingerprint density at radius 1 is 0.882 bits per heavy atom. The molecule has 2 rings (SSSR count). The largest absolute Gasteiger partial charge is 0.326 e. The van der Waals surface area contributed by atoms with Crippen LogP contribution < -0.4 is 5.73 Å². The highest BCUT2D eigenvalue weighted by Gasteiger charge is 1.96. The summed E-state index contributed by atoms with van der Waals surface area (Å²) in [7, 11) is 0. The average molecular weight is 243 g/mol. The summed E-state index contributed by atoms with van der Waals surface area (Å²) < 4.78 is 0. The van der Waals surface area contributed by atoms with Crippen molar-refractivity contribution in [2.45, 2.75) is 24.1 Å². The predicted molar refractivity (Wildman–Crippen MR) is 75.1 cm³/mol. The molecule has 0 radical (unpaired) electrons. The van der Waals surface area contributed by atoms with E-state index in [-0.39, 0.29) is 0 Å². The standard InChI is InChI=1S/C15H17NS/c1-12-2-8-15(9-3-12)17-11-14-6-4-13(10-16)5-7-14/h2-9H,10-11,16H2,1H3. The molecule has 0 aliphatic rings. The number of hydrogen-bond donors (Lipinski definition) is 1. The van der Waals surface area contributed by atoms with Crippen LogP contribution in [0.4, 0.5) is 0 Å². The molecule has 0 aromatic heterocycles. The molecule has 2 N–H and O–H groups in total. The molecule has 0 unspecified atom stereocenters. The lowest BCUT2D eigenvalue weighted by atomic mass is 10.1. The summed E-state index contributed by atoms with van der Waals surface area (Å²) in [6.45, 7) is 2.73. The van der Waals surface area contributed by atoms with Crippen LogP contribution >= 0.6 is 11.8 Å². The Kier molecular flexibility index (Phi) is 4.24. The predicted octanol–water partition coefficient (Wildman–Crippen LogP) is 3.75. The monoisotopic (exact) mass is 243 g/mol. The highest BCUT2D eigenvalue weighted by atomic mass is 32.2. The van der Waals surface area contributed by atoms with Crippen molar-refractivity contribution in [2.75, 3.05) is 0 Å². The van der Waals surface area contributed by atoms with Crippen molar-refractivity contribution >= 4 is 11.8 Å². The van der Waals surface area contributed by atoms with Crippen LogP contribution in [0.3, 0.4) is 0 Å². The Bertz CT molecular complexity index is 459. The number of benzene rings is 2. The maximum Gasteiger partial charge on any atom is 0.0231 e. The van der Waals surface area contributed by atoms with Gasteiger partial charge >= 0.3 is 0 Å². The Morgan fingerprint density at radius 3 is 2.06 bits per heavy atom. The van der Waals surface area contributed by atoms with Crippen molar-refractivity contribution in [3.05, 3.63) is 65.2 Å². The summed E-state index contributed by atoms with van der Waals surface area (Å²) in [5.41, 5.74) is 9.41. The summed E-state index contributed by atoms with van der Waals surface area (Å²) >= 11 is 1.86. The van der Waals surface area contributed by atoms with Gasteiger partial charge in [0.05, 0.1) is 0 Å². The quantitative estimate of drug-likeness (QED) is 0.828. The van der Waals surface area contributed by atoms with Crippen molar-refractivity contribution < 1.29 is 0 Å². The number of aryl methyl sites for hydroxylation is 1. The molecule has 1 nitrogen and oxygen atoms in total. The van der Waals surface area contributed by atoms with Crippen LogP contribution in [0.15, 0.2) is 53.4 Å². The second-order valence-electron chi connectivity index (χ2n) is 4.12. The highest BCUT2D eigenvalue weighted by molar-refractivity contribution is 7.98. The molecule has 0 bridgehead atoms. The van der Waals surface area contributed by atoms with Gasteiger partial charge in [0.25, 0.3) is 0 Å². The van der Waals surface area contributed by atoms with Gasteiger partial charge in [0.1, 0.15) is 0 Å². The third-order valence-electron chi connectivity index (χ3n) is 2.69. The summed E-state index contributed by atoms with van der Waals surface area (Å²) in [5, 5.41) is 0. The van der Waals surface area contributed by atoms with Gasteiger partial charge in [0, 0.05) is 17.2 Å². The van der Waals surface area contributed by atoms with Crippen molar-refractivity contribution in [3.8, 4) is 0 Å². The Morgan fingerprint density at radius 2 is 1.47 bits per heavy atom. The minimum Gasteiger partial charge on any atom is -0.326 e. The van der Waals surface area contributed by atoms with E-state index in [1.807, 2.05) is 11.8 Å². The van der Waals surface area contributed by atoms with Crippen molar-refractivity contribution in [1.82, 2.24) is 0 Å². The fraction of sp³-hybridized carbons (Fsp3) is 0.200. The first-order chi connectivity index (χ1) is 8.28. The summed E-state index contributed by atoms with van der Waals surface area (Å²) in [6, 6.07) is 17.2. The molecule has 0 amide bonds. The fourth-order valence-electron chi connectivity index (χ4n) is 1.57. The van der Waals surface area contributed by atoms with Gasteiger partial charge in [-0.05, 0) is 30.2 Å². The van der Waals surface area contributed by atoms with Gasteiger partial charge < -0.3 is 5.73 Å². The number of nitrogens with two attached hydrogens (primary N) is 1. The molecule has 0 aliphatic heterocycles. The van der Waals surface area contributed by atoms with Crippen LogP contribution in [-0.2, 0) is 12.3 Å². The highest BCUT2D eigenvalue weighted by Crippen LogP contribution is 2.23. The lowest BCUT2D eigenvalue weighted by molar-refractivity contribution is 1.07. The molecule has 0 atom stereocenters. The molecule has 0 aliphatic carbocycles. The van der Waals surface area contributed by atoms with Crippen molar-refractivity contribution in [2.24, 2.45) is 5.73 Å². The molecule has 0 saturated heterocycles. The molecular formula is C15H17NS. The van der Waals surface area contributed by atoms with Gasteiger partial charge in [-0.25, -0.2) is 0 Å². The third-order valence-corrected chi connectivity index (χ3v) is 3.77. The van der Waals surface area contributed by atoms with Gasteiger partial charge in [-0.15, -0.1) is 11.8 Å². The maximum absolute atomic E-state index is 5.57. The first kappa shape index (κ1) is 12.2. The molecule has 2 heteroatoms. The van der Waals surface area contributed by atoms with E-state index in [1.54, 1.807) is 0 Å². The molecule has 2 aromatic rings. The molecular weight excluding hydrogens is 226 g/mol. The fourth-order valence-corrected chi connectivity index (χ4v) is 2.43. The number of thioether (sulfide) groups is 1. The normalized spacial score (nSPS) is 10.5. The SMILES string of the molecule is Cc1ccc(SCc2ccc(CN)cc2)cc1. The van der Waals surface area contributed by atoms with E-state index in [1.165, 1.54) is 21.6 Å². The number of rotatable bonds is 4. The van der Waals surface area contributed by atoms with Gasteiger partial charge in [-0.2, -0.15) is 0 Å². The zero-order chi connectivity index (χ0) is 12.1. The molecule has 0 spiro atoms. The minimum atomic E-state index is 0.616. The Labute approximate surface area is 107 Å². The Balaban J connectivity index is 1.95. The van der Waals surface area contributed by atoms with E-state index in [0.29, 0.717) is 6.54 Å². The van der Waals surface area contributed by atoms with E-state index in [4.69, 9.17) is 5.73 Å². The summed E-state index contributed by atoms with van der Waals surface area (Å²) in [6.07, 6.45) is 0. The van der Waals surface area contributed by atoms with E-state index in [0.717, 1.165) is 5.75 Å². The van der Waals surface area contributed by atoms with Gasteiger partial charge in [0.2, 0.25) is 0 Å². The van der Waals surface area contributed by atoms with Crippen LogP contribution in [0.5, 0.6) is 0 Å². The van der Waals surface area contributed by atoms with Crippen LogP contribution in [0, 0.1) is 6.92 Å². The second kappa shape index (κ2) is 5.89. The van der Waals surface area contributed by atoms with Gasteiger partial charge in [-0.3, -0.25) is 0 Å². The number of hydrogen-bond acceptors (Lipinski definition) is 2. The van der Waals surface area contributed by atoms with Crippen LogP contribution in [0.25, 0.3) is 0 Å². The molecule has 88 valence electrons. The van der Waals surface area contributed by atoms with Crippen molar-refractivity contribution in [3.63, 3.8) is 0 Å². The molecule has 0 fully saturated rings. The molecule has 0 heterocycles. The lowest BCUT2D eigenvalue weighted by Crippen LogP contribution is -1.95. The van der Waals surface area contributed by atoms with Crippen LogP contribution in [-0.4, -0.2) is 0 Å². The zero-order valence-corrected chi connectivity index (χ0v) is 10.8. The van der Waals surface area contributed by atoms with Gasteiger partial charge in [-0.1, -0.05) is 42.0 Å². The Hall–Kier alpha value is -1.25. The topological polar surface area (TPSA) is 26.0 Å². The zero-order valence-electron chi connectivity index (χ0n) is 10.0. The lowest BCUT2D eigenvalue weighted by Gasteiger charge is -2.03. The van der Waals surface area contributed by atoms with E-state index < -0.39 is 0 Å². The van der Waals surface area contributed by atoms with Gasteiger partial charge in [0.15, 0.2) is 0 Å².